The lowest BCUT2D eigenvalue weighted by molar-refractivity contribution is -0.145. The summed E-state index contributed by atoms with van der Waals surface area (Å²) in [7, 11) is 0. The predicted molar refractivity (Wildman–Crippen MR) is 171 cm³/mol. The molecule has 0 radical (unpaired) electrons. The van der Waals surface area contributed by atoms with E-state index in [-0.39, 0.29) is 48.4 Å². The number of likely N-dealkylation sites (tertiary alicyclic amines) is 1. The summed E-state index contributed by atoms with van der Waals surface area (Å²) >= 11 is 0. The van der Waals surface area contributed by atoms with E-state index >= 15 is 0 Å². The van der Waals surface area contributed by atoms with Crippen LogP contribution in [0.25, 0.3) is 0 Å². The lowest BCUT2D eigenvalue weighted by Gasteiger charge is -2.33. The predicted octanol–water partition coefficient (Wildman–Crippen LogP) is 1.54. The van der Waals surface area contributed by atoms with Crippen LogP contribution in [0.3, 0.4) is 0 Å². The van der Waals surface area contributed by atoms with Gasteiger partial charge in [0.1, 0.15) is 23.8 Å². The Morgan fingerprint density at radius 3 is 2.20 bits per heavy atom. The zero-order chi connectivity index (χ0) is 34.1. The second kappa shape index (κ2) is 16.4. The number of Topliss-reactive ketones (excluding diaryl/α,β-unsaturated/α-hetero) is 1. The molecular formula is C33H49N7O6. The molecule has 0 bridgehead atoms. The number of hydrogen-bond donors (Lipinski definition) is 4. The first-order chi connectivity index (χ1) is 21.8. The number of hydrogen-bond acceptors (Lipinski definition) is 8. The van der Waals surface area contributed by atoms with E-state index in [1.54, 1.807) is 34.6 Å². The molecule has 2 heterocycles. The number of amides is 5. The fourth-order valence-corrected chi connectivity index (χ4v) is 5.89. The maximum atomic E-state index is 14.2. The molecule has 2 aliphatic rings. The van der Waals surface area contributed by atoms with Crippen LogP contribution in [0, 0.1) is 23.7 Å². The molecule has 46 heavy (non-hydrogen) atoms. The van der Waals surface area contributed by atoms with Crippen LogP contribution in [0.5, 0.6) is 0 Å². The first-order valence-electron chi connectivity index (χ1n) is 16.3. The minimum atomic E-state index is -1.03. The second-order valence-electron chi connectivity index (χ2n) is 12.9. The van der Waals surface area contributed by atoms with Gasteiger partial charge in [0.05, 0.1) is 12.2 Å². The van der Waals surface area contributed by atoms with Gasteiger partial charge in [-0.2, -0.15) is 0 Å². The standard InChI is InChI=1S/C33H49N7O6/c1-8-11-23(28(41)32(45)36-20(7)9-2)37-31(44)27-22-13-10-12-21(22)17-40(27)33(46)26(19(5)6)39-30(43)25(18(3)4)38-29(42)24-16-34-14-15-35-24/h10,12,14-16,18-23,25-27H,8-9,11,13,17H2,1-7H3,(H,36,45)(H,37,44)(H,38,42)(H,39,43)/t20-,21-,22-,23-,25-,26-,27-/m0/s1. The number of nitrogens with zero attached hydrogens (tertiary/aromatic N) is 3. The molecule has 1 aliphatic carbocycles. The van der Waals surface area contributed by atoms with E-state index in [2.05, 4.69) is 31.2 Å². The largest absolute Gasteiger partial charge is 0.347 e. The van der Waals surface area contributed by atoms with Gasteiger partial charge >= 0.3 is 0 Å². The van der Waals surface area contributed by atoms with E-state index in [0.29, 0.717) is 19.3 Å². The average Bonchev–Trinajstić information content (AvgIpc) is 3.63. The van der Waals surface area contributed by atoms with E-state index in [9.17, 15) is 28.8 Å². The van der Waals surface area contributed by atoms with Crippen molar-refractivity contribution in [3.8, 4) is 0 Å². The minimum Gasteiger partial charge on any atom is -0.347 e. The fraction of sp³-hybridized carbons (Fsp3) is 0.636. The van der Waals surface area contributed by atoms with Gasteiger partial charge < -0.3 is 26.2 Å². The molecule has 7 atom stereocenters. The smallest absolute Gasteiger partial charge is 0.289 e. The van der Waals surface area contributed by atoms with Crippen LogP contribution in [0.2, 0.25) is 0 Å². The number of rotatable bonds is 15. The van der Waals surface area contributed by atoms with Gasteiger partial charge in [-0.25, -0.2) is 4.98 Å². The van der Waals surface area contributed by atoms with Gasteiger partial charge in [0.15, 0.2) is 0 Å². The summed E-state index contributed by atoms with van der Waals surface area (Å²) in [6.45, 7) is 13.0. The summed E-state index contributed by atoms with van der Waals surface area (Å²) in [4.78, 5) is 89.5. The molecule has 4 N–H and O–H groups in total. The van der Waals surface area contributed by atoms with Gasteiger partial charge in [0.25, 0.3) is 11.8 Å². The third-order valence-electron chi connectivity index (χ3n) is 8.73. The summed E-state index contributed by atoms with van der Waals surface area (Å²) in [6, 6.07) is -4.08. The lowest BCUT2D eigenvalue weighted by Crippen LogP contribution is -2.60. The first kappa shape index (κ1) is 36.3. The molecule has 1 aliphatic heterocycles. The van der Waals surface area contributed by atoms with Gasteiger partial charge in [-0.05, 0) is 43.9 Å². The second-order valence-corrected chi connectivity index (χ2v) is 12.9. The average molecular weight is 640 g/mol. The molecule has 0 aromatic carbocycles. The van der Waals surface area contributed by atoms with Crippen molar-refractivity contribution in [2.24, 2.45) is 23.7 Å². The van der Waals surface area contributed by atoms with Crippen LogP contribution in [-0.4, -0.2) is 86.9 Å². The van der Waals surface area contributed by atoms with Gasteiger partial charge in [-0.1, -0.05) is 60.1 Å². The molecule has 1 aromatic heterocycles. The van der Waals surface area contributed by atoms with Crippen molar-refractivity contribution in [3.63, 3.8) is 0 Å². The van der Waals surface area contributed by atoms with Crippen molar-refractivity contribution in [1.82, 2.24) is 36.1 Å². The summed E-state index contributed by atoms with van der Waals surface area (Å²) in [6.07, 6.45) is 10.1. The highest BCUT2D eigenvalue weighted by atomic mass is 16.2. The maximum absolute atomic E-state index is 14.2. The summed E-state index contributed by atoms with van der Waals surface area (Å²) in [5.74, 6) is -4.44. The van der Waals surface area contributed by atoms with Crippen LogP contribution < -0.4 is 21.3 Å². The Bertz CT molecular complexity index is 1300. The number of carbonyl (C=O) groups is 6. The number of fused-ring (bicyclic) bond motifs is 1. The normalized spacial score (nSPS) is 21.2. The number of nitrogens with one attached hydrogen (secondary N) is 4. The third kappa shape index (κ3) is 8.76. The Hall–Kier alpha value is -4.16. The van der Waals surface area contributed by atoms with Crippen LogP contribution in [-0.2, 0) is 24.0 Å². The van der Waals surface area contributed by atoms with Crippen LogP contribution in [0.15, 0.2) is 30.7 Å². The van der Waals surface area contributed by atoms with Crippen molar-refractivity contribution >= 4 is 35.3 Å². The molecular weight excluding hydrogens is 590 g/mol. The Morgan fingerprint density at radius 1 is 0.913 bits per heavy atom. The molecule has 13 heteroatoms. The highest BCUT2D eigenvalue weighted by Crippen LogP contribution is 2.39. The SMILES string of the molecule is CCC[C@H](NC(=O)[C@@H]1[C@H]2CC=C[C@H]2CN1C(=O)[C@@H](NC(=O)[C@@H](NC(=O)c1cnccn1)C(C)C)C(C)C)C(=O)C(=O)N[C@@H](C)CC. The fourth-order valence-electron chi connectivity index (χ4n) is 5.89. The molecule has 1 aromatic rings. The Morgan fingerprint density at radius 2 is 1.61 bits per heavy atom. The molecule has 0 unspecified atom stereocenters. The highest BCUT2D eigenvalue weighted by molar-refractivity contribution is 6.38. The highest BCUT2D eigenvalue weighted by Gasteiger charge is 2.50. The number of aromatic nitrogens is 2. The van der Waals surface area contributed by atoms with Gasteiger partial charge in [-0.15, -0.1) is 0 Å². The van der Waals surface area contributed by atoms with Crippen molar-refractivity contribution in [1.29, 1.82) is 0 Å². The van der Waals surface area contributed by atoms with Crippen LogP contribution >= 0.6 is 0 Å². The molecule has 3 rings (SSSR count). The van der Waals surface area contributed by atoms with Crippen molar-refractivity contribution in [2.75, 3.05) is 6.54 Å². The van der Waals surface area contributed by atoms with Gasteiger partial charge in [0.2, 0.25) is 23.5 Å². The number of carbonyl (C=O) groups excluding carboxylic acids is 6. The van der Waals surface area contributed by atoms with Crippen molar-refractivity contribution in [2.45, 2.75) is 104 Å². The van der Waals surface area contributed by atoms with Gasteiger partial charge in [-0.3, -0.25) is 33.8 Å². The lowest BCUT2D eigenvalue weighted by atomic mass is 9.92. The topological polar surface area (TPSA) is 180 Å². The monoisotopic (exact) mass is 639 g/mol. The Kier molecular flexibility index (Phi) is 13.0. The third-order valence-corrected chi connectivity index (χ3v) is 8.73. The van der Waals surface area contributed by atoms with Crippen molar-refractivity contribution in [3.05, 3.63) is 36.4 Å². The summed E-state index contributed by atoms with van der Waals surface area (Å²) in [5.41, 5.74) is 0.0557. The first-order valence-corrected chi connectivity index (χ1v) is 16.3. The molecule has 1 saturated heterocycles. The van der Waals surface area contributed by atoms with Crippen LogP contribution in [0.4, 0.5) is 0 Å². The Labute approximate surface area is 271 Å². The zero-order valence-electron chi connectivity index (χ0n) is 27.9. The maximum Gasteiger partial charge on any atom is 0.289 e. The minimum absolute atomic E-state index is 0.0557. The van der Waals surface area contributed by atoms with Crippen molar-refractivity contribution < 1.29 is 28.8 Å². The number of allylic oxidation sites excluding steroid dienone is 1. The van der Waals surface area contributed by atoms with Gasteiger partial charge in [0, 0.05) is 30.9 Å². The number of ketones is 1. The van der Waals surface area contributed by atoms with E-state index in [1.807, 2.05) is 26.0 Å². The molecule has 13 nitrogen and oxygen atoms in total. The molecule has 0 spiro atoms. The molecule has 252 valence electrons. The van der Waals surface area contributed by atoms with Crippen LogP contribution in [0.1, 0.15) is 84.6 Å². The summed E-state index contributed by atoms with van der Waals surface area (Å²) < 4.78 is 0. The van der Waals surface area contributed by atoms with E-state index in [4.69, 9.17) is 0 Å². The summed E-state index contributed by atoms with van der Waals surface area (Å²) in [5, 5.41) is 11.0. The van der Waals surface area contributed by atoms with E-state index in [0.717, 1.165) is 0 Å². The zero-order valence-corrected chi connectivity index (χ0v) is 27.9. The molecule has 0 saturated carbocycles. The molecule has 5 amide bonds. The van der Waals surface area contributed by atoms with E-state index in [1.165, 1.54) is 23.5 Å². The van der Waals surface area contributed by atoms with E-state index < -0.39 is 59.5 Å². The Balaban J connectivity index is 1.81. The molecule has 1 fully saturated rings. The quantitative estimate of drug-likeness (QED) is 0.165.